The lowest BCUT2D eigenvalue weighted by molar-refractivity contribution is -0.402. The number of hydrogen-bond donors (Lipinski definition) is 20. The Morgan fingerprint density at radius 3 is 0.944 bits per heavy atom. The molecule has 0 aliphatic carbocycles. The van der Waals surface area contributed by atoms with Gasteiger partial charge in [0, 0.05) is 13.8 Å². The zero-order valence-electron chi connectivity index (χ0n) is 49.5. The molecule has 0 radical (unpaired) electrons. The number of rotatable bonds is 18. The van der Waals surface area contributed by atoms with E-state index in [4.69, 9.17) is 71.1 Å². The maximum atomic E-state index is 13.0. The predicted molar refractivity (Wildman–Crippen MR) is 279 cm³/mol. The molecular weight excluding hydrogens is 1210 g/mol. The van der Waals surface area contributed by atoms with Crippen LogP contribution in [0.3, 0.4) is 0 Å². The Kier molecular flexibility index (Phi) is 24.5. The van der Waals surface area contributed by atoms with Gasteiger partial charge in [-0.05, 0) is 41.5 Å². The van der Waals surface area contributed by atoms with Gasteiger partial charge in [-0.3, -0.25) is 9.59 Å². The van der Waals surface area contributed by atoms with Gasteiger partial charge in [0.2, 0.25) is 11.8 Å². The smallest absolute Gasteiger partial charge is 0.217 e. The van der Waals surface area contributed by atoms with Crippen LogP contribution in [0.25, 0.3) is 0 Å². The third-order valence-electron chi connectivity index (χ3n) is 17.2. The minimum absolute atomic E-state index is 0.809. The first-order valence-corrected chi connectivity index (χ1v) is 29.3. The van der Waals surface area contributed by atoms with E-state index in [0.29, 0.717) is 0 Å². The Bertz CT molecular complexity index is 2280. The molecule has 37 heteroatoms. The van der Waals surface area contributed by atoms with E-state index in [1.807, 2.05) is 0 Å². The quantitative estimate of drug-likeness (QED) is 0.0606. The second-order valence-corrected chi connectivity index (χ2v) is 23.7. The van der Waals surface area contributed by atoms with Crippen LogP contribution >= 0.6 is 0 Å². The number of ether oxygens (including phenoxy) is 15. The molecule has 37 nitrogen and oxygen atoms in total. The van der Waals surface area contributed by atoms with Gasteiger partial charge in [0.1, 0.15) is 159 Å². The summed E-state index contributed by atoms with van der Waals surface area (Å²) in [5.41, 5.74) is 0. The van der Waals surface area contributed by atoms with E-state index in [9.17, 15) is 102 Å². The van der Waals surface area contributed by atoms with Gasteiger partial charge in [-0.15, -0.1) is 0 Å². The first kappa shape index (κ1) is 72.4. The van der Waals surface area contributed by atoms with Crippen molar-refractivity contribution < 1.29 is 173 Å². The molecule has 40 atom stereocenters. The number of carbonyl (C=O) groups is 2. The monoisotopic (exact) mass is 1300 g/mol. The molecule has 8 saturated heterocycles. The summed E-state index contributed by atoms with van der Waals surface area (Å²) in [5.74, 6) is -1.65. The molecule has 8 aliphatic heterocycles. The molecule has 20 N–H and O–H groups in total. The van der Waals surface area contributed by atoms with Gasteiger partial charge in [0.25, 0.3) is 0 Å². The molecule has 2 amide bonds. The van der Waals surface area contributed by atoms with Crippen molar-refractivity contribution in [2.24, 2.45) is 0 Å². The standard InChI is InChI=1S/C52H88N2O35/c1-11-24(60)32(68)41(45(74)75-11)86-51-42(33(69)25(61)14(4)79-51)87-47-22(54-18(8)58)39(30(66)20(10-56)82-47)84-49-37(73)40(28(64)16(6)77-49)85-50-44(35(71)27(63)13(3)78-50)89-52-43(34(70)26(62)15(5)80-52)88-46-21(53-17(7)57)38(29(65)19(9-55)81-46)83-48-36(72)31(67)23(59)12(2)76-48/h11-16,19-52,55-56,59-74H,9-10H2,1-8H3,(H,53,57)(H,54,58)/t11-,12-,13-,14-,15-,16-,19+,20+,21+,22+,23-,24-,25-,26-,27-,28-,29+,30+,31+,32+,33+,34+,35+,36+,37+,38+,39+,40+,41+,42+,43+,44+,45+,46-,47-,48-,49-,50-,51-,52-/m0/s1. The lowest BCUT2D eigenvalue weighted by atomic mass is 9.94. The third-order valence-corrected chi connectivity index (χ3v) is 17.2. The summed E-state index contributed by atoms with van der Waals surface area (Å²) in [6.07, 6.45) is -67.6. The van der Waals surface area contributed by atoms with Crippen molar-refractivity contribution in [3.8, 4) is 0 Å². The summed E-state index contributed by atoms with van der Waals surface area (Å²) in [6, 6.07) is -3.44. The fraction of sp³-hybridized carbons (Fsp3) is 0.962. The molecule has 0 saturated carbocycles. The van der Waals surface area contributed by atoms with Gasteiger partial charge in [-0.2, -0.15) is 0 Å². The third kappa shape index (κ3) is 15.3. The maximum Gasteiger partial charge on any atom is 0.217 e. The van der Waals surface area contributed by atoms with Crippen LogP contribution in [-0.4, -0.2) is 362 Å². The van der Waals surface area contributed by atoms with E-state index in [-0.39, 0.29) is 0 Å². The Morgan fingerprint density at radius 1 is 0.292 bits per heavy atom. The van der Waals surface area contributed by atoms with Gasteiger partial charge < -0.3 is 174 Å². The van der Waals surface area contributed by atoms with Crippen molar-refractivity contribution in [2.75, 3.05) is 13.2 Å². The van der Waals surface area contributed by atoms with Crippen LogP contribution in [0, 0.1) is 0 Å². The van der Waals surface area contributed by atoms with Crippen molar-refractivity contribution in [2.45, 2.75) is 301 Å². The number of aliphatic hydroxyl groups excluding tert-OH is 18. The Hall–Kier alpha value is -2.38. The molecule has 8 rings (SSSR count). The van der Waals surface area contributed by atoms with Gasteiger partial charge in [-0.25, -0.2) is 0 Å². The number of aliphatic hydroxyl groups is 18. The van der Waals surface area contributed by atoms with Crippen LogP contribution in [0.15, 0.2) is 0 Å². The van der Waals surface area contributed by atoms with Crippen LogP contribution in [0.2, 0.25) is 0 Å². The molecule has 0 aromatic heterocycles. The fourth-order valence-electron chi connectivity index (χ4n) is 11.9. The number of hydrogen-bond acceptors (Lipinski definition) is 35. The van der Waals surface area contributed by atoms with Gasteiger partial charge in [0.15, 0.2) is 50.3 Å². The Morgan fingerprint density at radius 2 is 0.573 bits per heavy atom. The molecule has 8 aliphatic rings. The van der Waals surface area contributed by atoms with Crippen molar-refractivity contribution in [1.82, 2.24) is 10.6 Å². The summed E-state index contributed by atoms with van der Waals surface area (Å²) in [6.45, 7) is 8.03. The highest BCUT2D eigenvalue weighted by molar-refractivity contribution is 5.73. The molecule has 0 aromatic rings. The second kappa shape index (κ2) is 30.1. The normalized spacial score (nSPS) is 53.4. The van der Waals surface area contributed by atoms with Gasteiger partial charge >= 0.3 is 0 Å². The topological polar surface area (TPSA) is 561 Å². The molecular formula is C52H88N2O35. The molecule has 8 fully saturated rings. The van der Waals surface area contributed by atoms with Crippen LogP contribution < -0.4 is 10.6 Å². The zero-order valence-corrected chi connectivity index (χ0v) is 49.5. The molecule has 0 bridgehead atoms. The minimum Gasteiger partial charge on any atom is -0.394 e. The van der Waals surface area contributed by atoms with E-state index < -0.39 is 271 Å². The molecule has 8 heterocycles. The van der Waals surface area contributed by atoms with E-state index in [1.165, 1.54) is 41.5 Å². The summed E-state index contributed by atoms with van der Waals surface area (Å²) >= 11 is 0. The predicted octanol–water partition coefficient (Wildman–Crippen LogP) is -12.0. The lowest BCUT2D eigenvalue weighted by Crippen LogP contribution is -2.70. The van der Waals surface area contributed by atoms with E-state index in [1.54, 1.807) is 0 Å². The summed E-state index contributed by atoms with van der Waals surface area (Å²) in [7, 11) is 0. The van der Waals surface area contributed by atoms with Crippen molar-refractivity contribution in [3.63, 3.8) is 0 Å². The summed E-state index contributed by atoms with van der Waals surface area (Å²) in [4.78, 5) is 25.8. The summed E-state index contributed by atoms with van der Waals surface area (Å²) in [5, 5.41) is 205. The molecule has 516 valence electrons. The first-order valence-electron chi connectivity index (χ1n) is 29.3. The molecule has 0 spiro atoms. The first-order chi connectivity index (χ1) is 41.8. The Balaban J connectivity index is 1.05. The average molecular weight is 1300 g/mol. The average Bonchev–Trinajstić information content (AvgIpc) is 1.86. The van der Waals surface area contributed by atoms with Crippen LogP contribution in [0.1, 0.15) is 55.4 Å². The molecule has 89 heavy (non-hydrogen) atoms. The number of nitrogens with one attached hydrogen (secondary N) is 2. The van der Waals surface area contributed by atoms with Crippen LogP contribution in [0.5, 0.6) is 0 Å². The fourth-order valence-corrected chi connectivity index (χ4v) is 11.9. The van der Waals surface area contributed by atoms with Crippen LogP contribution in [-0.2, 0) is 80.6 Å². The van der Waals surface area contributed by atoms with E-state index in [0.717, 1.165) is 13.8 Å². The van der Waals surface area contributed by atoms with E-state index >= 15 is 0 Å². The lowest BCUT2D eigenvalue weighted by Gasteiger charge is -2.51. The SMILES string of the molecule is CC(=O)N[C@H]1[C@H](O[C@H]2[C@H](O[C@H]3[C@H](O[C@@H]4[C@@H](O)[C@H](C)O[C@@H](O[C@H]5[C@H](O)[C@@H](CO)O[C@@H](O[C@H]6[C@H](O[C@@H]7[C@H](O)[C@@H](O)[C@H](C)O[C@H]7O)O[C@@H](C)[C@H](O)[C@H]6O)[C@@H]5NC(C)=O)[C@@H]4O)O[C@@H](C)[C@H](O)[C@H]3O)O[C@@H](C)[C@H](O)[C@H]2O)O[C@H](CO)[C@@H](O)[C@@H]1O[C@@H]1O[C@@H](C)[C@H](O)[C@@H](O)[C@H]1O. The molecule has 0 unspecified atom stereocenters. The molecule has 0 aromatic carbocycles. The highest BCUT2D eigenvalue weighted by Gasteiger charge is 2.60. The van der Waals surface area contributed by atoms with E-state index in [2.05, 4.69) is 10.6 Å². The zero-order chi connectivity index (χ0) is 65.7. The van der Waals surface area contributed by atoms with Crippen LogP contribution in [0.4, 0.5) is 0 Å². The van der Waals surface area contributed by atoms with Gasteiger partial charge in [0.05, 0.1) is 49.8 Å². The van der Waals surface area contributed by atoms with Crippen molar-refractivity contribution >= 4 is 11.8 Å². The highest BCUT2D eigenvalue weighted by atomic mass is 16.8. The minimum atomic E-state index is -2.20. The highest BCUT2D eigenvalue weighted by Crippen LogP contribution is 2.39. The number of carbonyl (C=O) groups excluding carboxylic acids is 2. The largest absolute Gasteiger partial charge is 0.394 e. The summed E-state index contributed by atoms with van der Waals surface area (Å²) < 4.78 is 89.1. The van der Waals surface area contributed by atoms with Crippen molar-refractivity contribution in [3.05, 3.63) is 0 Å². The van der Waals surface area contributed by atoms with Crippen molar-refractivity contribution in [1.29, 1.82) is 0 Å². The number of amides is 2. The van der Waals surface area contributed by atoms with Gasteiger partial charge in [-0.1, -0.05) is 0 Å². The maximum absolute atomic E-state index is 13.0. The Labute approximate surface area is 508 Å². The second-order valence-electron chi connectivity index (χ2n) is 23.7.